The van der Waals surface area contributed by atoms with E-state index in [0.29, 0.717) is 10.8 Å². The van der Waals surface area contributed by atoms with E-state index in [1.54, 1.807) is 24.3 Å². The predicted octanol–water partition coefficient (Wildman–Crippen LogP) is 4.07. The Bertz CT molecular complexity index is 371. The Kier molecular flexibility index (Phi) is 4.87. The lowest BCUT2D eigenvalue weighted by Crippen LogP contribution is -2.12. The Morgan fingerprint density at radius 3 is 2.47 bits per heavy atom. The van der Waals surface area contributed by atoms with Crippen molar-refractivity contribution >= 4 is 17.6 Å². The summed E-state index contributed by atoms with van der Waals surface area (Å²) in [6.07, 6.45) is -0.231. The number of alkyl halides is 2. The molecule has 17 heavy (non-hydrogen) atoms. The highest BCUT2D eigenvalue weighted by Crippen LogP contribution is 2.20. The topological polar surface area (TPSA) is 26.3 Å². The molecule has 0 aliphatic carbocycles. The quantitative estimate of drug-likeness (QED) is 0.591. The largest absolute Gasteiger partial charge is 0.427 e. The van der Waals surface area contributed by atoms with Crippen molar-refractivity contribution in [2.75, 3.05) is 0 Å². The van der Waals surface area contributed by atoms with Crippen molar-refractivity contribution in [2.24, 2.45) is 0 Å². The van der Waals surface area contributed by atoms with Crippen LogP contribution >= 0.6 is 11.6 Å². The van der Waals surface area contributed by atoms with Crippen LogP contribution in [-0.2, 0) is 4.79 Å². The second-order valence-corrected chi connectivity index (χ2v) is 4.29. The molecule has 94 valence electrons. The van der Waals surface area contributed by atoms with E-state index < -0.39 is 11.9 Å². The highest BCUT2D eigenvalue weighted by molar-refractivity contribution is 6.30. The fraction of sp³-hybridized carbons (Fsp3) is 0.417. The summed E-state index contributed by atoms with van der Waals surface area (Å²) in [6, 6.07) is 6.28. The smallest absolute Gasteiger partial charge is 0.311 e. The summed E-state index contributed by atoms with van der Waals surface area (Å²) in [4.78, 5) is 11.3. The van der Waals surface area contributed by atoms with E-state index in [0.717, 1.165) is 6.92 Å². The van der Waals surface area contributed by atoms with Crippen LogP contribution in [-0.4, -0.2) is 11.9 Å². The lowest BCUT2D eigenvalue weighted by Gasteiger charge is -2.09. The van der Waals surface area contributed by atoms with E-state index in [2.05, 4.69) is 0 Å². The Labute approximate surface area is 104 Å². The fourth-order valence-electron chi connectivity index (χ4n) is 1.23. The molecule has 2 nitrogen and oxygen atoms in total. The van der Waals surface area contributed by atoms with Gasteiger partial charge < -0.3 is 4.74 Å². The molecule has 0 unspecified atom stereocenters. The Morgan fingerprint density at radius 2 is 1.94 bits per heavy atom. The lowest BCUT2D eigenvalue weighted by molar-refractivity contribution is -0.134. The highest BCUT2D eigenvalue weighted by Gasteiger charge is 2.20. The summed E-state index contributed by atoms with van der Waals surface area (Å²) < 4.78 is 29.9. The van der Waals surface area contributed by atoms with Gasteiger partial charge in [0.1, 0.15) is 5.75 Å². The molecule has 0 heterocycles. The average molecular weight is 263 g/mol. The van der Waals surface area contributed by atoms with Gasteiger partial charge in [-0.3, -0.25) is 4.79 Å². The first-order chi connectivity index (χ1) is 7.87. The van der Waals surface area contributed by atoms with Gasteiger partial charge in [-0.2, -0.15) is 0 Å². The maximum absolute atomic E-state index is 12.5. The molecule has 0 atom stereocenters. The van der Waals surface area contributed by atoms with Crippen molar-refractivity contribution in [1.82, 2.24) is 0 Å². The van der Waals surface area contributed by atoms with Crippen molar-refractivity contribution in [3.05, 3.63) is 29.3 Å². The first-order valence-electron chi connectivity index (χ1n) is 5.21. The van der Waals surface area contributed by atoms with Crippen molar-refractivity contribution in [1.29, 1.82) is 0 Å². The van der Waals surface area contributed by atoms with Crippen LogP contribution in [0.1, 0.15) is 26.2 Å². The van der Waals surface area contributed by atoms with Crippen molar-refractivity contribution < 1.29 is 18.3 Å². The molecule has 1 aromatic carbocycles. The Morgan fingerprint density at radius 1 is 1.35 bits per heavy atom. The minimum Gasteiger partial charge on any atom is -0.427 e. The van der Waals surface area contributed by atoms with Gasteiger partial charge in [0, 0.05) is 17.9 Å². The van der Waals surface area contributed by atoms with Crippen LogP contribution in [0, 0.1) is 0 Å². The zero-order valence-electron chi connectivity index (χ0n) is 9.38. The molecule has 0 saturated heterocycles. The van der Waals surface area contributed by atoms with E-state index >= 15 is 0 Å². The molecule has 0 bridgehead atoms. The number of benzene rings is 1. The number of esters is 1. The van der Waals surface area contributed by atoms with Gasteiger partial charge in [0.05, 0.1) is 0 Å². The number of carbonyl (C=O) groups excluding carboxylic acids is 1. The molecule has 1 rings (SSSR count). The third kappa shape index (κ3) is 6.22. The number of hydrogen-bond donors (Lipinski definition) is 0. The second kappa shape index (κ2) is 5.96. The molecule has 0 spiro atoms. The van der Waals surface area contributed by atoms with Crippen LogP contribution in [0.25, 0.3) is 0 Å². The normalized spacial score (nSPS) is 11.3. The van der Waals surface area contributed by atoms with E-state index in [1.807, 2.05) is 0 Å². The van der Waals surface area contributed by atoms with Gasteiger partial charge in [0.15, 0.2) is 0 Å². The minimum absolute atomic E-state index is 0.0218. The Balaban J connectivity index is 2.32. The first-order valence-corrected chi connectivity index (χ1v) is 5.59. The summed E-state index contributed by atoms with van der Waals surface area (Å²) >= 11 is 5.66. The van der Waals surface area contributed by atoms with E-state index in [1.165, 1.54) is 0 Å². The molecular weight excluding hydrogens is 250 g/mol. The zero-order chi connectivity index (χ0) is 12.9. The third-order valence-electron chi connectivity index (χ3n) is 2.04. The minimum atomic E-state index is -2.74. The van der Waals surface area contributed by atoms with Gasteiger partial charge in [0.25, 0.3) is 0 Å². The SMILES string of the molecule is CC(F)(F)CCCC(=O)Oc1ccc(Cl)cc1. The van der Waals surface area contributed by atoms with Crippen LogP contribution in [0.3, 0.4) is 0 Å². The number of rotatable bonds is 5. The highest BCUT2D eigenvalue weighted by atomic mass is 35.5. The molecule has 5 heteroatoms. The summed E-state index contributed by atoms with van der Waals surface area (Å²) in [5.74, 6) is -2.89. The van der Waals surface area contributed by atoms with Crippen molar-refractivity contribution in [3.63, 3.8) is 0 Å². The second-order valence-electron chi connectivity index (χ2n) is 3.85. The third-order valence-corrected chi connectivity index (χ3v) is 2.29. The maximum atomic E-state index is 12.5. The lowest BCUT2D eigenvalue weighted by atomic mass is 10.1. The van der Waals surface area contributed by atoms with Crippen LogP contribution < -0.4 is 4.74 Å². The van der Waals surface area contributed by atoms with Crippen LogP contribution in [0.2, 0.25) is 5.02 Å². The molecular formula is C12H13ClF2O2. The predicted molar refractivity (Wildman–Crippen MR) is 61.6 cm³/mol. The summed E-state index contributed by atoms with van der Waals surface area (Å²) in [7, 11) is 0. The summed E-state index contributed by atoms with van der Waals surface area (Å²) in [6.45, 7) is 0.831. The molecule has 0 aliphatic rings. The Hall–Kier alpha value is -1.16. The van der Waals surface area contributed by atoms with Crippen LogP contribution in [0.4, 0.5) is 8.78 Å². The molecule has 0 aromatic heterocycles. The summed E-state index contributed by atoms with van der Waals surface area (Å²) in [5.41, 5.74) is 0. The number of halogens is 3. The zero-order valence-corrected chi connectivity index (χ0v) is 10.1. The van der Waals surface area contributed by atoms with E-state index in [-0.39, 0.29) is 19.3 Å². The van der Waals surface area contributed by atoms with E-state index in [4.69, 9.17) is 16.3 Å². The molecule has 0 fully saturated rings. The molecule has 0 radical (unpaired) electrons. The summed E-state index contributed by atoms with van der Waals surface area (Å²) in [5, 5.41) is 0.537. The molecule has 0 N–H and O–H groups in total. The van der Waals surface area contributed by atoms with Gasteiger partial charge in [-0.15, -0.1) is 0 Å². The van der Waals surface area contributed by atoms with Gasteiger partial charge in [-0.05, 0) is 37.6 Å². The van der Waals surface area contributed by atoms with E-state index in [9.17, 15) is 13.6 Å². The standard InChI is InChI=1S/C12H13ClF2O2/c1-12(14,15)8-2-3-11(16)17-10-6-4-9(13)5-7-10/h4-7H,2-3,8H2,1H3. The first kappa shape index (κ1) is 13.9. The van der Waals surface area contributed by atoms with Crippen molar-refractivity contribution in [3.8, 4) is 5.75 Å². The van der Waals surface area contributed by atoms with Crippen molar-refractivity contribution in [2.45, 2.75) is 32.1 Å². The molecule has 0 amide bonds. The fourth-order valence-corrected chi connectivity index (χ4v) is 1.35. The number of carbonyl (C=O) groups is 1. The van der Waals surface area contributed by atoms with Crippen LogP contribution in [0.5, 0.6) is 5.75 Å². The number of hydrogen-bond acceptors (Lipinski definition) is 2. The number of ether oxygens (including phenoxy) is 1. The van der Waals surface area contributed by atoms with Gasteiger partial charge >= 0.3 is 5.97 Å². The maximum Gasteiger partial charge on any atom is 0.311 e. The van der Waals surface area contributed by atoms with Crippen LogP contribution in [0.15, 0.2) is 24.3 Å². The monoisotopic (exact) mass is 262 g/mol. The molecule has 0 saturated carbocycles. The molecule has 1 aromatic rings. The average Bonchev–Trinajstić information content (AvgIpc) is 2.19. The van der Waals surface area contributed by atoms with Gasteiger partial charge in [0.2, 0.25) is 5.92 Å². The van der Waals surface area contributed by atoms with Gasteiger partial charge in [-0.25, -0.2) is 8.78 Å². The van der Waals surface area contributed by atoms with Gasteiger partial charge in [-0.1, -0.05) is 11.6 Å². The molecule has 0 aliphatic heterocycles.